The monoisotopic (exact) mass is 278 g/mol. The number of aromatic nitrogens is 2. The third-order valence-corrected chi connectivity index (χ3v) is 3.73. The van der Waals surface area contributed by atoms with Crippen LogP contribution in [0, 0.1) is 12.3 Å². The quantitative estimate of drug-likeness (QED) is 0.838. The number of aliphatic hydroxyl groups is 1. The van der Waals surface area contributed by atoms with Gasteiger partial charge in [-0.05, 0) is 32.8 Å². The molecule has 1 unspecified atom stereocenters. The van der Waals surface area contributed by atoms with E-state index in [1.54, 1.807) is 6.20 Å². The first-order valence-electron chi connectivity index (χ1n) is 6.99. The van der Waals surface area contributed by atoms with Crippen LogP contribution in [0.1, 0.15) is 25.6 Å². The summed E-state index contributed by atoms with van der Waals surface area (Å²) in [5.74, 6) is 1.61. The van der Waals surface area contributed by atoms with Gasteiger partial charge in [0, 0.05) is 25.8 Å². The number of anilines is 1. The summed E-state index contributed by atoms with van der Waals surface area (Å²) in [6, 6.07) is 1.88. The predicted octanol–water partition coefficient (Wildman–Crippen LogP) is 0.500. The number of carbonyl (C=O) groups excluding carboxylic acids is 1. The van der Waals surface area contributed by atoms with Gasteiger partial charge in [-0.25, -0.2) is 9.97 Å². The van der Waals surface area contributed by atoms with E-state index in [0.717, 1.165) is 31.0 Å². The number of aliphatic hydroxyl groups excluding tert-OH is 1. The van der Waals surface area contributed by atoms with E-state index in [4.69, 9.17) is 5.11 Å². The minimum Gasteiger partial charge on any atom is -0.395 e. The molecule has 0 radical (unpaired) electrons. The number of aryl methyl sites for hydroxylation is 1. The standard InChI is InChI=1S/C14H22N4O2/c1-11-15-6-4-12(17-11)18-8-3-5-14(2,10-18)13(20)16-7-9-19/h4,6,19H,3,5,7-10H2,1-2H3,(H,16,20). The van der Waals surface area contributed by atoms with Gasteiger partial charge in [0.05, 0.1) is 12.0 Å². The molecule has 1 aromatic heterocycles. The fourth-order valence-electron chi connectivity index (χ4n) is 2.62. The van der Waals surface area contributed by atoms with Crippen LogP contribution in [0.3, 0.4) is 0 Å². The molecular formula is C14H22N4O2. The molecule has 110 valence electrons. The Kier molecular flexibility index (Phi) is 4.54. The molecule has 0 saturated carbocycles. The van der Waals surface area contributed by atoms with Crippen LogP contribution in [0.25, 0.3) is 0 Å². The number of hydrogen-bond acceptors (Lipinski definition) is 5. The molecule has 20 heavy (non-hydrogen) atoms. The van der Waals surface area contributed by atoms with E-state index >= 15 is 0 Å². The van der Waals surface area contributed by atoms with E-state index in [1.165, 1.54) is 0 Å². The Morgan fingerprint density at radius 3 is 3.10 bits per heavy atom. The zero-order chi connectivity index (χ0) is 14.6. The van der Waals surface area contributed by atoms with Crippen molar-refractivity contribution < 1.29 is 9.90 Å². The maximum absolute atomic E-state index is 12.2. The van der Waals surface area contributed by atoms with Crippen molar-refractivity contribution in [2.24, 2.45) is 5.41 Å². The van der Waals surface area contributed by atoms with Gasteiger partial charge < -0.3 is 15.3 Å². The molecule has 0 aliphatic carbocycles. The molecule has 0 bridgehead atoms. The van der Waals surface area contributed by atoms with Crippen LogP contribution >= 0.6 is 0 Å². The summed E-state index contributed by atoms with van der Waals surface area (Å²) < 4.78 is 0. The first-order valence-corrected chi connectivity index (χ1v) is 6.99. The van der Waals surface area contributed by atoms with Crippen LogP contribution in [0.2, 0.25) is 0 Å². The van der Waals surface area contributed by atoms with Crippen molar-refractivity contribution in [3.63, 3.8) is 0 Å². The Morgan fingerprint density at radius 2 is 2.40 bits per heavy atom. The summed E-state index contributed by atoms with van der Waals surface area (Å²) in [6.07, 6.45) is 3.55. The summed E-state index contributed by atoms with van der Waals surface area (Å²) >= 11 is 0. The number of rotatable bonds is 4. The second kappa shape index (κ2) is 6.17. The number of hydrogen-bond donors (Lipinski definition) is 2. The molecule has 2 rings (SSSR count). The van der Waals surface area contributed by atoms with Crippen LogP contribution in [0.4, 0.5) is 5.82 Å². The summed E-state index contributed by atoms with van der Waals surface area (Å²) in [4.78, 5) is 22.9. The summed E-state index contributed by atoms with van der Waals surface area (Å²) in [5, 5.41) is 11.6. The second-order valence-corrected chi connectivity index (χ2v) is 5.53. The molecule has 1 amide bonds. The third-order valence-electron chi connectivity index (χ3n) is 3.73. The molecule has 1 aliphatic rings. The smallest absolute Gasteiger partial charge is 0.227 e. The Balaban J connectivity index is 2.09. The van der Waals surface area contributed by atoms with Gasteiger partial charge in [-0.2, -0.15) is 0 Å². The Bertz CT molecular complexity index is 480. The average molecular weight is 278 g/mol. The molecule has 0 spiro atoms. The highest BCUT2D eigenvalue weighted by Crippen LogP contribution is 2.31. The van der Waals surface area contributed by atoms with Crippen molar-refractivity contribution in [3.05, 3.63) is 18.1 Å². The molecule has 6 nitrogen and oxygen atoms in total. The zero-order valence-corrected chi connectivity index (χ0v) is 12.1. The normalized spacial score (nSPS) is 22.6. The van der Waals surface area contributed by atoms with Crippen molar-refractivity contribution in [3.8, 4) is 0 Å². The molecule has 1 fully saturated rings. The first kappa shape index (κ1) is 14.7. The van der Waals surface area contributed by atoms with E-state index in [1.807, 2.05) is 19.9 Å². The van der Waals surface area contributed by atoms with Crippen molar-refractivity contribution in [2.45, 2.75) is 26.7 Å². The van der Waals surface area contributed by atoms with Crippen LogP contribution in [-0.2, 0) is 4.79 Å². The highest BCUT2D eigenvalue weighted by molar-refractivity contribution is 5.83. The number of amides is 1. The topological polar surface area (TPSA) is 78.4 Å². The molecule has 1 saturated heterocycles. The summed E-state index contributed by atoms with van der Waals surface area (Å²) in [5.41, 5.74) is -0.438. The van der Waals surface area contributed by atoms with Crippen LogP contribution in [0.15, 0.2) is 12.3 Å². The summed E-state index contributed by atoms with van der Waals surface area (Å²) in [7, 11) is 0. The lowest BCUT2D eigenvalue weighted by Gasteiger charge is -2.39. The fraction of sp³-hybridized carbons (Fsp3) is 0.643. The van der Waals surface area contributed by atoms with Gasteiger partial charge in [-0.15, -0.1) is 0 Å². The van der Waals surface area contributed by atoms with E-state index in [2.05, 4.69) is 20.2 Å². The van der Waals surface area contributed by atoms with Gasteiger partial charge in [-0.3, -0.25) is 4.79 Å². The Morgan fingerprint density at radius 1 is 1.60 bits per heavy atom. The maximum Gasteiger partial charge on any atom is 0.227 e. The second-order valence-electron chi connectivity index (χ2n) is 5.53. The van der Waals surface area contributed by atoms with Crippen LogP contribution in [0.5, 0.6) is 0 Å². The molecule has 1 aromatic rings. The molecule has 2 heterocycles. The van der Waals surface area contributed by atoms with Crippen molar-refractivity contribution in [2.75, 3.05) is 31.1 Å². The van der Waals surface area contributed by atoms with Crippen molar-refractivity contribution in [1.82, 2.24) is 15.3 Å². The fourth-order valence-corrected chi connectivity index (χ4v) is 2.62. The minimum absolute atomic E-state index is 0.00188. The third kappa shape index (κ3) is 3.25. The van der Waals surface area contributed by atoms with Crippen LogP contribution < -0.4 is 10.2 Å². The lowest BCUT2D eigenvalue weighted by molar-refractivity contribution is -0.130. The van der Waals surface area contributed by atoms with E-state index in [9.17, 15) is 4.79 Å². The molecule has 1 atom stereocenters. The van der Waals surface area contributed by atoms with E-state index in [0.29, 0.717) is 13.1 Å². The maximum atomic E-state index is 12.2. The van der Waals surface area contributed by atoms with Gasteiger partial charge in [0.15, 0.2) is 0 Å². The molecule has 6 heteroatoms. The highest BCUT2D eigenvalue weighted by atomic mass is 16.3. The molecular weight excluding hydrogens is 256 g/mol. The molecule has 1 aliphatic heterocycles. The van der Waals surface area contributed by atoms with E-state index < -0.39 is 5.41 Å². The number of carbonyl (C=O) groups is 1. The number of nitrogens with one attached hydrogen (secondary N) is 1. The van der Waals surface area contributed by atoms with Crippen LogP contribution in [-0.4, -0.2) is 47.2 Å². The molecule has 0 aromatic carbocycles. The lowest BCUT2D eigenvalue weighted by Crippen LogP contribution is -2.51. The summed E-state index contributed by atoms with van der Waals surface area (Å²) in [6.45, 7) is 5.65. The SMILES string of the molecule is Cc1nccc(N2CCCC(C)(C(=O)NCCO)C2)n1. The predicted molar refractivity (Wildman–Crippen MR) is 76.4 cm³/mol. The Hall–Kier alpha value is -1.69. The van der Waals surface area contributed by atoms with E-state index in [-0.39, 0.29) is 12.5 Å². The average Bonchev–Trinajstić information content (AvgIpc) is 2.44. The highest BCUT2D eigenvalue weighted by Gasteiger charge is 2.38. The molecule has 2 N–H and O–H groups in total. The van der Waals surface area contributed by atoms with Gasteiger partial charge in [-0.1, -0.05) is 0 Å². The first-order chi connectivity index (χ1) is 9.55. The largest absolute Gasteiger partial charge is 0.395 e. The lowest BCUT2D eigenvalue weighted by atomic mass is 9.81. The zero-order valence-electron chi connectivity index (χ0n) is 12.1. The Labute approximate surface area is 119 Å². The number of nitrogens with zero attached hydrogens (tertiary/aromatic N) is 3. The number of piperidine rings is 1. The van der Waals surface area contributed by atoms with Gasteiger partial charge in [0.1, 0.15) is 11.6 Å². The van der Waals surface area contributed by atoms with Gasteiger partial charge >= 0.3 is 0 Å². The van der Waals surface area contributed by atoms with Crippen molar-refractivity contribution >= 4 is 11.7 Å². The van der Waals surface area contributed by atoms with Crippen molar-refractivity contribution in [1.29, 1.82) is 0 Å². The van der Waals surface area contributed by atoms with Gasteiger partial charge in [0.2, 0.25) is 5.91 Å². The van der Waals surface area contributed by atoms with Gasteiger partial charge in [0.25, 0.3) is 0 Å². The minimum atomic E-state index is -0.438.